The fourth-order valence-electron chi connectivity index (χ4n) is 8.68. The van der Waals surface area contributed by atoms with Crippen LogP contribution in [-0.2, 0) is 41.8 Å². The molecule has 1 aromatic carbocycles. The van der Waals surface area contributed by atoms with Crippen LogP contribution < -0.4 is 5.32 Å². The number of aliphatic hydroxyl groups is 2. The van der Waals surface area contributed by atoms with Gasteiger partial charge in [-0.1, -0.05) is 42.8 Å². The van der Waals surface area contributed by atoms with Crippen LogP contribution in [0.1, 0.15) is 57.6 Å². The fraction of sp³-hybridized carbons (Fsp3) is 0.576. The van der Waals surface area contributed by atoms with Gasteiger partial charge < -0.3 is 20.3 Å². The van der Waals surface area contributed by atoms with Crippen molar-refractivity contribution >= 4 is 23.4 Å². The standard InChI is InChI=1S/C33H41FN2O10/c1-30-10-9-22(37)13-21(30)7-8-23-24-14-25(38)32(3,31(24,2)15-26(39)33(23,30)34)27(40)18-45-29(42)16-35-28(41)12-19-5-4-6-20(11-19)17-46-36(43)44/h4-6,9-11,13,23-26,38-39,43-44H,7-8,12,14-18H2,1-3H3,(H,35,41)/t23-,24-,25+,26-,30-,31-,32-,33-/m0/s1. The van der Waals surface area contributed by atoms with Crippen LogP contribution in [0.15, 0.2) is 48.1 Å². The number of aliphatic hydroxyl groups excluding tert-OH is 2. The van der Waals surface area contributed by atoms with Crippen LogP contribution >= 0.6 is 0 Å². The number of rotatable bonds is 10. The number of Topliss-reactive ketones (excluding diaryl/α,β-unsaturated/α-hetero) is 1. The molecule has 0 spiro atoms. The number of carbonyl (C=O) groups excluding carboxylic acids is 4. The van der Waals surface area contributed by atoms with Gasteiger partial charge in [0, 0.05) is 11.3 Å². The van der Waals surface area contributed by atoms with Crippen molar-refractivity contribution in [3.63, 3.8) is 0 Å². The summed E-state index contributed by atoms with van der Waals surface area (Å²) in [6, 6.07) is 6.60. The van der Waals surface area contributed by atoms with Crippen LogP contribution in [0.25, 0.3) is 0 Å². The van der Waals surface area contributed by atoms with Gasteiger partial charge in [0.1, 0.15) is 6.54 Å². The summed E-state index contributed by atoms with van der Waals surface area (Å²) in [5.41, 5.74) is -3.98. The van der Waals surface area contributed by atoms with E-state index in [0.29, 0.717) is 29.5 Å². The summed E-state index contributed by atoms with van der Waals surface area (Å²) >= 11 is 0. The van der Waals surface area contributed by atoms with E-state index in [9.17, 15) is 29.4 Å². The van der Waals surface area contributed by atoms with Crippen molar-refractivity contribution in [2.45, 2.75) is 77.4 Å². The Bertz CT molecular complexity index is 1480. The SMILES string of the molecule is C[C@]12C=CC(=O)C=C1CC[C@H]1[C@@H]3C[C@@H](O)[C@@](C)(C(=O)COC(=O)CNC(=O)Cc4cccc(CON(O)O)c4)[C@@]3(C)C[C@H](O)[C@@]12F. The highest BCUT2D eigenvalue weighted by Gasteiger charge is 2.75. The fourth-order valence-corrected chi connectivity index (χ4v) is 8.68. The van der Waals surface area contributed by atoms with Gasteiger partial charge in [0.25, 0.3) is 0 Å². The summed E-state index contributed by atoms with van der Waals surface area (Å²) in [6.45, 7) is 3.74. The molecule has 250 valence electrons. The summed E-state index contributed by atoms with van der Waals surface area (Å²) < 4.78 is 22.5. The Morgan fingerprint density at radius 2 is 1.80 bits per heavy atom. The number of hydrogen-bond acceptors (Lipinski definition) is 11. The smallest absolute Gasteiger partial charge is 0.325 e. The van der Waals surface area contributed by atoms with E-state index in [0.717, 1.165) is 0 Å². The molecule has 8 atom stereocenters. The molecule has 1 amide bonds. The van der Waals surface area contributed by atoms with E-state index < -0.39 is 82.2 Å². The van der Waals surface area contributed by atoms with Gasteiger partial charge >= 0.3 is 5.97 Å². The minimum Gasteiger partial charge on any atom is -0.456 e. The topological polar surface area (TPSA) is 183 Å². The second kappa shape index (κ2) is 12.4. The van der Waals surface area contributed by atoms with E-state index in [1.54, 1.807) is 51.1 Å². The third kappa shape index (κ3) is 5.52. The molecular formula is C33H41FN2O10. The molecule has 0 radical (unpaired) electrons. The van der Waals surface area contributed by atoms with Gasteiger partial charge in [-0.25, -0.2) is 9.23 Å². The number of nitrogens with zero attached hydrogens (tertiary/aromatic N) is 1. The normalized spacial score (nSPS) is 36.4. The van der Waals surface area contributed by atoms with Crippen LogP contribution in [0, 0.1) is 28.1 Å². The lowest BCUT2D eigenvalue weighted by molar-refractivity contribution is -0.497. The number of esters is 1. The van der Waals surface area contributed by atoms with Crippen molar-refractivity contribution in [1.82, 2.24) is 10.7 Å². The van der Waals surface area contributed by atoms with E-state index in [2.05, 4.69) is 10.2 Å². The van der Waals surface area contributed by atoms with Crippen LogP contribution in [-0.4, -0.2) is 80.5 Å². The number of benzene rings is 1. The van der Waals surface area contributed by atoms with Crippen molar-refractivity contribution in [2.24, 2.45) is 28.1 Å². The van der Waals surface area contributed by atoms with Gasteiger partial charge in [-0.15, -0.1) is 0 Å². The number of ether oxygens (including phenoxy) is 1. The number of ketones is 2. The van der Waals surface area contributed by atoms with Crippen LogP contribution in [0.4, 0.5) is 4.39 Å². The minimum atomic E-state index is -2.10. The zero-order valence-electron chi connectivity index (χ0n) is 26.1. The number of amides is 1. The first-order valence-corrected chi connectivity index (χ1v) is 15.4. The highest BCUT2D eigenvalue weighted by Crippen LogP contribution is 2.71. The van der Waals surface area contributed by atoms with Crippen molar-refractivity contribution in [3.8, 4) is 0 Å². The molecule has 5 rings (SSSR count). The number of halogens is 1. The number of fused-ring (bicyclic) bond motifs is 5. The number of nitrogens with one attached hydrogen (secondary N) is 1. The van der Waals surface area contributed by atoms with Gasteiger partial charge in [-0.2, -0.15) is 0 Å². The van der Waals surface area contributed by atoms with E-state index in [1.165, 1.54) is 12.2 Å². The Morgan fingerprint density at radius 1 is 1.09 bits per heavy atom. The first kappa shape index (κ1) is 34.0. The molecule has 0 aromatic heterocycles. The van der Waals surface area contributed by atoms with Gasteiger partial charge in [0.15, 0.2) is 23.8 Å². The van der Waals surface area contributed by atoms with E-state index >= 15 is 4.39 Å². The quantitative estimate of drug-likeness (QED) is 0.186. The lowest BCUT2D eigenvalue weighted by atomic mass is 9.43. The molecule has 0 saturated heterocycles. The number of hydrogen-bond donors (Lipinski definition) is 5. The molecule has 1 aromatic rings. The zero-order chi connectivity index (χ0) is 33.7. The molecule has 46 heavy (non-hydrogen) atoms. The first-order chi connectivity index (χ1) is 21.6. The molecule has 0 bridgehead atoms. The van der Waals surface area contributed by atoms with Crippen molar-refractivity contribution in [1.29, 1.82) is 0 Å². The highest BCUT2D eigenvalue weighted by molar-refractivity contribution is 6.01. The highest BCUT2D eigenvalue weighted by atomic mass is 19.1. The van der Waals surface area contributed by atoms with Crippen molar-refractivity contribution in [2.75, 3.05) is 13.2 Å². The van der Waals surface area contributed by atoms with Gasteiger partial charge in [0.2, 0.25) is 5.91 Å². The average Bonchev–Trinajstić information content (AvgIpc) is 3.20. The maximum Gasteiger partial charge on any atom is 0.325 e. The Hall–Kier alpha value is -3.33. The Balaban J connectivity index is 1.21. The minimum absolute atomic E-state index is 0.0893. The summed E-state index contributed by atoms with van der Waals surface area (Å²) in [5, 5.41) is 42.2. The molecule has 0 unspecified atom stereocenters. The molecule has 4 aliphatic carbocycles. The van der Waals surface area contributed by atoms with Gasteiger partial charge in [-0.3, -0.25) is 29.6 Å². The van der Waals surface area contributed by atoms with Gasteiger partial charge in [-0.05, 0) is 74.1 Å². The number of alkyl halides is 1. The molecule has 12 nitrogen and oxygen atoms in total. The maximum atomic E-state index is 17.3. The third-order valence-electron chi connectivity index (χ3n) is 11.4. The summed E-state index contributed by atoms with van der Waals surface area (Å²) in [6.07, 6.45) is 2.43. The molecule has 13 heteroatoms. The van der Waals surface area contributed by atoms with Crippen molar-refractivity contribution < 1.29 is 53.8 Å². The Kier molecular flexibility index (Phi) is 9.14. The third-order valence-corrected chi connectivity index (χ3v) is 11.4. The number of carbonyl (C=O) groups is 4. The predicted octanol–water partition coefficient (Wildman–Crippen LogP) is 2.32. The lowest BCUT2D eigenvalue weighted by Crippen LogP contribution is -2.68. The Labute approximate surface area is 265 Å². The van der Waals surface area contributed by atoms with Crippen molar-refractivity contribution in [3.05, 3.63) is 59.2 Å². The molecule has 5 N–H and O–H groups in total. The molecule has 0 aliphatic heterocycles. The van der Waals surface area contributed by atoms with E-state index in [-0.39, 0.29) is 31.7 Å². The monoisotopic (exact) mass is 644 g/mol. The van der Waals surface area contributed by atoms with Crippen LogP contribution in [0.3, 0.4) is 0 Å². The second-order valence-corrected chi connectivity index (χ2v) is 13.6. The molecular weight excluding hydrogens is 603 g/mol. The largest absolute Gasteiger partial charge is 0.456 e. The maximum absolute atomic E-state index is 17.3. The summed E-state index contributed by atoms with van der Waals surface area (Å²) in [4.78, 5) is 55.2. The van der Waals surface area contributed by atoms with E-state index in [4.69, 9.17) is 15.2 Å². The van der Waals surface area contributed by atoms with Crippen LogP contribution in [0.5, 0.6) is 0 Å². The van der Waals surface area contributed by atoms with Crippen LogP contribution in [0.2, 0.25) is 0 Å². The number of allylic oxidation sites excluding steroid dienone is 4. The summed E-state index contributed by atoms with van der Waals surface area (Å²) in [7, 11) is 0. The second-order valence-electron chi connectivity index (χ2n) is 13.6. The molecule has 3 saturated carbocycles. The zero-order valence-corrected chi connectivity index (χ0v) is 26.1. The predicted molar refractivity (Wildman–Crippen MR) is 157 cm³/mol. The summed E-state index contributed by atoms with van der Waals surface area (Å²) in [5.74, 6) is -3.28. The van der Waals surface area contributed by atoms with E-state index in [1.807, 2.05) is 0 Å². The first-order valence-electron chi connectivity index (χ1n) is 15.4. The van der Waals surface area contributed by atoms with Gasteiger partial charge in [0.05, 0.1) is 36.0 Å². The average molecular weight is 645 g/mol. The Morgan fingerprint density at radius 3 is 2.52 bits per heavy atom. The lowest BCUT2D eigenvalue weighted by Gasteiger charge is -2.62. The molecule has 4 aliphatic rings. The molecule has 0 heterocycles. The molecule has 3 fully saturated rings.